The van der Waals surface area contributed by atoms with Crippen LogP contribution in [0.5, 0.6) is 0 Å². The molecular weight excluding hydrogens is 464 g/mol. The Morgan fingerprint density at radius 1 is 1.23 bits per heavy atom. The molecule has 5 rings (SSSR count). The molecule has 0 unspecified atom stereocenters. The number of nitrogens with one attached hydrogen (secondary N) is 3. The van der Waals surface area contributed by atoms with E-state index < -0.39 is 9.84 Å². The van der Waals surface area contributed by atoms with E-state index in [1.54, 1.807) is 6.07 Å². The number of sulfone groups is 1. The molecule has 3 N–H and O–H groups in total. The fraction of sp³-hybridized carbons (Fsp3) is 0.480. The summed E-state index contributed by atoms with van der Waals surface area (Å²) in [5, 5.41) is 7.31. The van der Waals surface area contributed by atoms with Crippen LogP contribution in [0.4, 0.5) is 5.82 Å². The predicted molar refractivity (Wildman–Crippen MR) is 135 cm³/mol. The van der Waals surface area contributed by atoms with Crippen molar-refractivity contribution in [1.29, 1.82) is 0 Å². The molecule has 3 aromatic rings. The van der Waals surface area contributed by atoms with Crippen LogP contribution >= 0.6 is 0 Å². The summed E-state index contributed by atoms with van der Waals surface area (Å²) in [5.74, 6) is 0.798. The molecule has 4 heterocycles. The summed E-state index contributed by atoms with van der Waals surface area (Å²) >= 11 is 0. The fourth-order valence-corrected chi connectivity index (χ4v) is 6.73. The van der Waals surface area contributed by atoms with Crippen molar-refractivity contribution in [2.45, 2.75) is 50.1 Å². The third-order valence-electron chi connectivity index (χ3n) is 7.00. The van der Waals surface area contributed by atoms with E-state index in [4.69, 9.17) is 0 Å². The SMILES string of the molecule is CC(C)[C@@H](Nc1ncnc2[nH]c(C(=O)N[C@H]3CCN(C)C3)cc12)c1ccc2c(c1)S(=O)(=O)CCC2. The van der Waals surface area contributed by atoms with Gasteiger partial charge in [0.1, 0.15) is 23.5 Å². The summed E-state index contributed by atoms with van der Waals surface area (Å²) in [4.78, 5) is 27.4. The van der Waals surface area contributed by atoms with E-state index >= 15 is 0 Å². The molecule has 0 radical (unpaired) electrons. The topological polar surface area (TPSA) is 120 Å². The summed E-state index contributed by atoms with van der Waals surface area (Å²) < 4.78 is 25.3. The number of hydrogen-bond acceptors (Lipinski definition) is 7. The van der Waals surface area contributed by atoms with Crippen LogP contribution in [0.15, 0.2) is 35.5 Å². The summed E-state index contributed by atoms with van der Waals surface area (Å²) in [6.07, 6.45) is 3.85. The van der Waals surface area contributed by atoms with Gasteiger partial charge in [-0.15, -0.1) is 0 Å². The lowest BCUT2D eigenvalue weighted by Crippen LogP contribution is -2.36. The minimum absolute atomic E-state index is 0.133. The van der Waals surface area contributed by atoms with E-state index in [9.17, 15) is 13.2 Å². The van der Waals surface area contributed by atoms with E-state index in [1.807, 2.05) is 25.2 Å². The van der Waals surface area contributed by atoms with Crippen LogP contribution in [-0.4, -0.2) is 66.1 Å². The van der Waals surface area contributed by atoms with Crippen LogP contribution in [0, 0.1) is 5.92 Å². The molecule has 0 aliphatic carbocycles. The maximum Gasteiger partial charge on any atom is 0.268 e. The number of carbonyl (C=O) groups is 1. The summed E-state index contributed by atoms with van der Waals surface area (Å²) in [7, 11) is -1.21. The lowest BCUT2D eigenvalue weighted by Gasteiger charge is -2.26. The second-order valence-electron chi connectivity index (χ2n) is 10.0. The molecule has 9 nitrogen and oxygen atoms in total. The number of hydrogen-bond donors (Lipinski definition) is 3. The van der Waals surface area contributed by atoms with Crippen molar-refractivity contribution in [3.63, 3.8) is 0 Å². The standard InChI is InChI=1S/C25H32N6O3S/c1-15(2)22(17-7-6-16-5-4-10-35(33,34)21(16)11-17)30-24-19-12-20(29-23(19)26-14-27-24)25(32)28-18-8-9-31(3)13-18/h6-7,11-12,14-15,18,22H,4-5,8-10,13H2,1-3H3,(H,28,32)(H2,26,27,29,30)/t18-,22+/m0/s1. The van der Waals surface area contributed by atoms with Gasteiger partial charge in [0.2, 0.25) is 0 Å². The highest BCUT2D eigenvalue weighted by atomic mass is 32.2. The number of anilines is 1. The molecule has 2 atom stereocenters. The number of rotatable bonds is 6. The highest BCUT2D eigenvalue weighted by Gasteiger charge is 2.27. The molecule has 1 amide bonds. The van der Waals surface area contributed by atoms with Gasteiger partial charge in [0, 0.05) is 12.6 Å². The van der Waals surface area contributed by atoms with E-state index in [2.05, 4.69) is 44.3 Å². The Kier molecular flexibility index (Phi) is 6.27. The third kappa shape index (κ3) is 4.77. The predicted octanol–water partition coefficient (Wildman–Crippen LogP) is 2.92. The number of likely N-dealkylation sites (N-methyl/N-ethyl adjacent to an activating group) is 1. The van der Waals surface area contributed by atoms with E-state index in [1.165, 1.54) is 6.33 Å². The zero-order valence-corrected chi connectivity index (χ0v) is 21.2. The van der Waals surface area contributed by atoms with Gasteiger partial charge in [-0.05, 0) is 62.0 Å². The second kappa shape index (κ2) is 9.23. The Balaban J connectivity index is 1.43. The number of benzene rings is 1. The summed E-state index contributed by atoms with van der Waals surface area (Å²) in [6.45, 7) is 5.97. The molecule has 1 saturated heterocycles. The normalized spacial score (nSPS) is 20.6. The van der Waals surface area contributed by atoms with Crippen LogP contribution in [0.2, 0.25) is 0 Å². The zero-order chi connectivity index (χ0) is 24.7. The fourth-order valence-electron chi connectivity index (χ4n) is 5.10. The monoisotopic (exact) mass is 496 g/mol. The number of H-pyrrole nitrogens is 1. The van der Waals surface area contributed by atoms with E-state index in [0.717, 1.165) is 42.4 Å². The minimum atomic E-state index is -3.26. The number of nitrogens with zero attached hydrogens (tertiary/aromatic N) is 3. The first kappa shape index (κ1) is 23.7. The maximum absolute atomic E-state index is 12.9. The van der Waals surface area contributed by atoms with Crippen LogP contribution in [0.25, 0.3) is 11.0 Å². The molecule has 186 valence electrons. The van der Waals surface area contributed by atoms with Gasteiger partial charge in [0.15, 0.2) is 9.84 Å². The Morgan fingerprint density at radius 2 is 2.06 bits per heavy atom. The van der Waals surface area contributed by atoms with Crippen molar-refractivity contribution >= 4 is 32.6 Å². The number of fused-ring (bicyclic) bond motifs is 2. The summed E-state index contributed by atoms with van der Waals surface area (Å²) in [5.41, 5.74) is 2.81. The molecule has 0 bridgehead atoms. The second-order valence-corrected chi connectivity index (χ2v) is 12.1. The Hall–Kier alpha value is -2.98. The first-order valence-corrected chi connectivity index (χ1v) is 13.8. The summed E-state index contributed by atoms with van der Waals surface area (Å²) in [6, 6.07) is 7.50. The molecule has 2 aliphatic heterocycles. The molecular formula is C25H32N6O3S. The lowest BCUT2D eigenvalue weighted by molar-refractivity contribution is 0.0934. The van der Waals surface area contributed by atoms with Gasteiger partial charge < -0.3 is 20.5 Å². The Morgan fingerprint density at radius 3 is 2.80 bits per heavy atom. The van der Waals surface area contributed by atoms with Gasteiger partial charge in [-0.3, -0.25) is 4.79 Å². The molecule has 1 fully saturated rings. The highest BCUT2D eigenvalue weighted by molar-refractivity contribution is 7.91. The van der Waals surface area contributed by atoms with Gasteiger partial charge in [-0.25, -0.2) is 18.4 Å². The highest BCUT2D eigenvalue weighted by Crippen LogP contribution is 2.33. The van der Waals surface area contributed by atoms with Gasteiger partial charge >= 0.3 is 0 Å². The first-order chi connectivity index (χ1) is 16.7. The van der Waals surface area contributed by atoms with Crippen LogP contribution in [0.1, 0.15) is 54.3 Å². The molecule has 35 heavy (non-hydrogen) atoms. The third-order valence-corrected chi connectivity index (χ3v) is 8.88. The van der Waals surface area contributed by atoms with E-state index in [-0.39, 0.29) is 29.7 Å². The van der Waals surface area contributed by atoms with Crippen molar-refractivity contribution in [1.82, 2.24) is 25.2 Å². The average molecular weight is 497 g/mol. The molecule has 0 saturated carbocycles. The lowest BCUT2D eigenvalue weighted by atomic mass is 9.94. The van der Waals surface area contributed by atoms with Crippen LogP contribution in [0.3, 0.4) is 0 Å². The number of likely N-dealkylation sites (tertiary alicyclic amines) is 1. The maximum atomic E-state index is 12.9. The van der Waals surface area contributed by atoms with E-state index in [0.29, 0.717) is 28.5 Å². The number of amides is 1. The van der Waals surface area contributed by atoms with Crippen molar-refractivity contribution in [3.8, 4) is 0 Å². The number of aromatic nitrogens is 3. The van der Waals surface area contributed by atoms with Gasteiger partial charge in [-0.2, -0.15) is 0 Å². The molecule has 2 aliphatic rings. The minimum Gasteiger partial charge on any atom is -0.362 e. The van der Waals surface area contributed by atoms with Gasteiger partial charge in [-0.1, -0.05) is 26.0 Å². The quantitative estimate of drug-likeness (QED) is 0.480. The number of aryl methyl sites for hydroxylation is 1. The molecule has 10 heteroatoms. The Labute approximate surface area is 205 Å². The molecule has 0 spiro atoms. The van der Waals surface area contributed by atoms with Crippen molar-refractivity contribution < 1.29 is 13.2 Å². The largest absolute Gasteiger partial charge is 0.362 e. The molecule has 2 aromatic heterocycles. The van der Waals surface area contributed by atoms with Gasteiger partial charge in [0.25, 0.3) is 5.91 Å². The Bertz CT molecular complexity index is 1370. The average Bonchev–Trinajstić information content (AvgIpc) is 3.43. The number of carbonyl (C=O) groups excluding carboxylic acids is 1. The molecule has 1 aromatic carbocycles. The van der Waals surface area contributed by atoms with Crippen molar-refractivity contribution in [2.75, 3.05) is 31.2 Å². The van der Waals surface area contributed by atoms with Gasteiger partial charge in [0.05, 0.1) is 22.1 Å². The zero-order valence-electron chi connectivity index (χ0n) is 20.3. The smallest absolute Gasteiger partial charge is 0.268 e. The number of aromatic amines is 1. The van der Waals surface area contributed by atoms with Crippen LogP contribution < -0.4 is 10.6 Å². The van der Waals surface area contributed by atoms with Crippen molar-refractivity contribution in [2.24, 2.45) is 5.92 Å². The van der Waals surface area contributed by atoms with Crippen molar-refractivity contribution in [3.05, 3.63) is 47.4 Å². The van der Waals surface area contributed by atoms with Crippen LogP contribution in [-0.2, 0) is 16.3 Å². The first-order valence-electron chi connectivity index (χ1n) is 12.2.